The van der Waals surface area contributed by atoms with E-state index in [0.717, 1.165) is 12.0 Å². The van der Waals surface area contributed by atoms with Crippen LogP contribution in [0.2, 0.25) is 6.32 Å². The van der Waals surface area contributed by atoms with Gasteiger partial charge in [0, 0.05) is 0 Å². The lowest BCUT2D eigenvalue weighted by molar-refractivity contribution is 0.400. The Morgan fingerprint density at radius 1 is 1.30 bits per heavy atom. The third-order valence-corrected chi connectivity index (χ3v) is 3.34. The van der Waals surface area contributed by atoms with E-state index in [-0.39, 0.29) is 24.3 Å². The first kappa shape index (κ1) is 19.5. The number of nitrogens with zero attached hydrogens (tertiary/aromatic N) is 4. The first-order valence-electron chi connectivity index (χ1n) is 7.18. The van der Waals surface area contributed by atoms with Crippen LogP contribution >= 0.6 is 12.4 Å². The molecule has 1 unspecified atom stereocenters. The summed E-state index contributed by atoms with van der Waals surface area (Å²) in [5.41, 5.74) is 6.83. The maximum Gasteiger partial charge on any atom is 0.451 e. The second-order valence-corrected chi connectivity index (χ2v) is 5.20. The molecule has 1 aromatic carbocycles. The number of nitrogens with two attached hydrogens (primary N) is 1. The lowest BCUT2D eigenvalue weighted by Crippen LogP contribution is -2.18. The van der Waals surface area contributed by atoms with Gasteiger partial charge in [0.1, 0.15) is 5.82 Å². The molecule has 0 aliphatic heterocycles. The van der Waals surface area contributed by atoms with E-state index in [4.69, 9.17) is 15.8 Å². The van der Waals surface area contributed by atoms with Crippen LogP contribution < -0.4 is 5.73 Å². The van der Waals surface area contributed by atoms with Crippen LogP contribution in [-0.2, 0) is 6.54 Å². The van der Waals surface area contributed by atoms with Crippen molar-refractivity contribution in [1.29, 1.82) is 0 Å². The average Bonchev–Trinajstić information content (AvgIpc) is 2.91. The van der Waals surface area contributed by atoms with Gasteiger partial charge in [0.05, 0.1) is 12.6 Å². The van der Waals surface area contributed by atoms with Gasteiger partial charge in [-0.05, 0) is 40.9 Å². The van der Waals surface area contributed by atoms with Crippen LogP contribution in [0.1, 0.15) is 36.7 Å². The SMILES string of the molecule is Cl.NC(CCCCB(O)O)c1nnnn1Cc1cccc(F)c1. The van der Waals surface area contributed by atoms with Crippen LogP contribution in [0.5, 0.6) is 0 Å². The number of tetrazole rings is 1. The van der Waals surface area contributed by atoms with Crippen molar-refractivity contribution in [3.05, 3.63) is 41.5 Å². The van der Waals surface area contributed by atoms with Gasteiger partial charge in [0.2, 0.25) is 0 Å². The zero-order chi connectivity index (χ0) is 15.9. The smallest absolute Gasteiger partial charge is 0.427 e. The lowest BCUT2D eigenvalue weighted by Gasteiger charge is -2.11. The fourth-order valence-electron chi connectivity index (χ4n) is 2.22. The van der Waals surface area contributed by atoms with E-state index >= 15 is 0 Å². The average molecular weight is 344 g/mol. The summed E-state index contributed by atoms with van der Waals surface area (Å²) in [5, 5.41) is 29.0. The van der Waals surface area contributed by atoms with Crippen molar-refractivity contribution in [2.45, 2.75) is 38.2 Å². The van der Waals surface area contributed by atoms with Crippen LogP contribution in [0.15, 0.2) is 24.3 Å². The minimum atomic E-state index is -1.28. The molecule has 1 aromatic heterocycles. The predicted molar refractivity (Wildman–Crippen MR) is 86.3 cm³/mol. The molecule has 7 nitrogen and oxygen atoms in total. The molecule has 0 radical (unpaired) electrons. The Hall–Kier alpha value is -1.55. The molecule has 4 N–H and O–H groups in total. The van der Waals surface area contributed by atoms with Crippen molar-refractivity contribution < 1.29 is 14.4 Å². The topological polar surface area (TPSA) is 110 Å². The monoisotopic (exact) mass is 343 g/mol. The van der Waals surface area contributed by atoms with Crippen molar-refractivity contribution in [3.63, 3.8) is 0 Å². The van der Waals surface area contributed by atoms with Gasteiger partial charge >= 0.3 is 7.12 Å². The fraction of sp³-hybridized carbons (Fsp3) is 0.462. The molecular weight excluding hydrogens is 323 g/mol. The normalized spacial score (nSPS) is 11.8. The molecule has 1 atom stereocenters. The molecular formula is C13H20BClFN5O2. The zero-order valence-electron chi connectivity index (χ0n) is 12.5. The van der Waals surface area contributed by atoms with Crippen molar-refractivity contribution in [1.82, 2.24) is 20.2 Å². The van der Waals surface area contributed by atoms with Gasteiger partial charge in [-0.1, -0.05) is 25.0 Å². The van der Waals surface area contributed by atoms with E-state index < -0.39 is 7.12 Å². The highest BCUT2D eigenvalue weighted by atomic mass is 35.5. The molecule has 0 aliphatic carbocycles. The quantitative estimate of drug-likeness (QED) is 0.486. The Labute approximate surface area is 140 Å². The second-order valence-electron chi connectivity index (χ2n) is 5.20. The highest BCUT2D eigenvalue weighted by Gasteiger charge is 2.16. The van der Waals surface area contributed by atoms with Crippen LogP contribution in [0, 0.1) is 5.82 Å². The largest absolute Gasteiger partial charge is 0.451 e. The molecule has 0 fully saturated rings. The Bertz CT molecular complexity index is 601. The van der Waals surface area contributed by atoms with E-state index in [0.29, 0.717) is 31.5 Å². The Morgan fingerprint density at radius 2 is 2.09 bits per heavy atom. The Morgan fingerprint density at radius 3 is 2.78 bits per heavy atom. The molecule has 0 amide bonds. The van der Waals surface area contributed by atoms with Gasteiger partial charge in [0.25, 0.3) is 0 Å². The third kappa shape index (κ3) is 6.22. The third-order valence-electron chi connectivity index (χ3n) is 3.34. The molecule has 2 rings (SSSR count). The van der Waals surface area contributed by atoms with Gasteiger partial charge in [-0.15, -0.1) is 17.5 Å². The molecule has 0 saturated carbocycles. The molecule has 0 spiro atoms. The number of hydrogen-bond acceptors (Lipinski definition) is 6. The molecule has 10 heteroatoms. The molecule has 1 heterocycles. The summed E-state index contributed by atoms with van der Waals surface area (Å²) in [5.74, 6) is 0.229. The van der Waals surface area contributed by atoms with E-state index in [9.17, 15) is 4.39 Å². The number of hydrogen-bond donors (Lipinski definition) is 3. The van der Waals surface area contributed by atoms with Gasteiger partial charge in [0.15, 0.2) is 5.82 Å². The van der Waals surface area contributed by atoms with Crippen molar-refractivity contribution in [2.24, 2.45) is 5.73 Å². The summed E-state index contributed by atoms with van der Waals surface area (Å²) < 4.78 is 14.8. The minimum absolute atomic E-state index is 0. The molecule has 126 valence electrons. The summed E-state index contributed by atoms with van der Waals surface area (Å²) in [6, 6.07) is 5.89. The van der Waals surface area contributed by atoms with Crippen molar-refractivity contribution in [3.8, 4) is 0 Å². The summed E-state index contributed by atoms with van der Waals surface area (Å²) in [6.45, 7) is 0.350. The fourth-order valence-corrected chi connectivity index (χ4v) is 2.22. The summed E-state index contributed by atoms with van der Waals surface area (Å²) in [4.78, 5) is 0. The standard InChI is InChI=1S/C13H19BFN5O2.ClH/c15-11-5-3-4-10(8-11)9-20-13(17-18-19-20)12(16)6-1-2-7-14(21)22;/h3-5,8,12,21-22H,1-2,6-7,9,16H2;1H. The first-order chi connectivity index (χ1) is 10.6. The number of benzene rings is 1. The van der Waals surface area contributed by atoms with E-state index in [1.54, 1.807) is 16.8 Å². The van der Waals surface area contributed by atoms with E-state index in [1.165, 1.54) is 12.1 Å². The second kappa shape index (κ2) is 9.56. The maximum absolute atomic E-state index is 13.2. The van der Waals surface area contributed by atoms with Gasteiger partial charge in [-0.25, -0.2) is 9.07 Å². The maximum atomic E-state index is 13.2. The highest BCUT2D eigenvalue weighted by molar-refractivity contribution is 6.40. The van der Waals surface area contributed by atoms with Crippen molar-refractivity contribution >= 4 is 19.5 Å². The molecule has 23 heavy (non-hydrogen) atoms. The number of unbranched alkanes of at least 4 members (excludes halogenated alkanes) is 1. The highest BCUT2D eigenvalue weighted by Crippen LogP contribution is 2.16. The zero-order valence-corrected chi connectivity index (χ0v) is 13.4. The molecule has 0 saturated heterocycles. The van der Waals surface area contributed by atoms with E-state index in [1.807, 2.05) is 0 Å². The number of aromatic nitrogens is 4. The lowest BCUT2D eigenvalue weighted by atomic mass is 9.83. The molecule has 0 aliphatic rings. The van der Waals surface area contributed by atoms with Crippen LogP contribution in [-0.4, -0.2) is 37.4 Å². The first-order valence-corrected chi connectivity index (χ1v) is 7.18. The van der Waals surface area contributed by atoms with Crippen LogP contribution in [0.4, 0.5) is 4.39 Å². The number of halogens is 2. The van der Waals surface area contributed by atoms with Gasteiger partial charge in [-0.3, -0.25) is 0 Å². The van der Waals surface area contributed by atoms with Crippen LogP contribution in [0.3, 0.4) is 0 Å². The summed E-state index contributed by atoms with van der Waals surface area (Å²) in [7, 11) is -1.28. The van der Waals surface area contributed by atoms with E-state index in [2.05, 4.69) is 15.5 Å². The summed E-state index contributed by atoms with van der Waals surface area (Å²) >= 11 is 0. The minimum Gasteiger partial charge on any atom is -0.427 e. The van der Waals surface area contributed by atoms with Crippen molar-refractivity contribution in [2.75, 3.05) is 0 Å². The molecule has 2 aromatic rings. The van der Waals surface area contributed by atoms with Gasteiger partial charge < -0.3 is 15.8 Å². The molecule has 0 bridgehead atoms. The summed E-state index contributed by atoms with van der Waals surface area (Å²) in [6.07, 6.45) is 2.36. The Balaban J connectivity index is 0.00000264. The van der Waals surface area contributed by atoms with Crippen LogP contribution in [0.25, 0.3) is 0 Å². The number of rotatable bonds is 8. The predicted octanol–water partition coefficient (Wildman–Crippen LogP) is 0.925. The Kier molecular flexibility index (Phi) is 8.11. The van der Waals surface area contributed by atoms with Gasteiger partial charge in [-0.2, -0.15) is 0 Å².